The first-order valence-electron chi connectivity index (χ1n) is 4.76. The van der Waals surface area contributed by atoms with Gasteiger partial charge in [0, 0.05) is 18.0 Å². The number of hydrogen-bond acceptors (Lipinski definition) is 2. The minimum absolute atomic E-state index is 0.188. The van der Waals surface area contributed by atoms with Crippen molar-refractivity contribution in [3.05, 3.63) is 48.3 Å². The lowest BCUT2D eigenvalue weighted by molar-refractivity contribution is -0.0505. The Morgan fingerprint density at radius 3 is 2.75 bits per heavy atom. The molecule has 5 heteroatoms. The van der Waals surface area contributed by atoms with Crippen LogP contribution in [-0.2, 0) is 6.54 Å². The molecular weight excluding hydrogens is 214 g/mol. The third kappa shape index (κ3) is 2.56. The number of nitrogens with zero attached hydrogens (tertiary/aromatic N) is 2. The van der Waals surface area contributed by atoms with E-state index in [-0.39, 0.29) is 5.75 Å². The van der Waals surface area contributed by atoms with Crippen LogP contribution in [0.3, 0.4) is 0 Å². The Morgan fingerprint density at radius 2 is 2.06 bits per heavy atom. The molecule has 1 aromatic carbocycles. The summed E-state index contributed by atoms with van der Waals surface area (Å²) >= 11 is 0. The summed E-state index contributed by atoms with van der Waals surface area (Å²) in [6.07, 6.45) is 3.40. The van der Waals surface area contributed by atoms with E-state index in [1.165, 1.54) is 6.07 Å². The topological polar surface area (TPSA) is 27.1 Å². The molecule has 0 radical (unpaired) electrons. The normalized spacial score (nSPS) is 10.7. The van der Waals surface area contributed by atoms with Crippen molar-refractivity contribution in [2.75, 3.05) is 0 Å². The Bertz CT molecular complexity index is 443. The zero-order valence-corrected chi connectivity index (χ0v) is 8.38. The number of alkyl halides is 2. The molecule has 1 aromatic heterocycles. The molecule has 0 N–H and O–H groups in total. The van der Waals surface area contributed by atoms with Crippen molar-refractivity contribution in [3.8, 4) is 5.75 Å². The van der Waals surface area contributed by atoms with Gasteiger partial charge in [-0.1, -0.05) is 18.2 Å². The fraction of sp³-hybridized carbons (Fsp3) is 0.182. The van der Waals surface area contributed by atoms with Gasteiger partial charge in [0.2, 0.25) is 0 Å². The van der Waals surface area contributed by atoms with Gasteiger partial charge in [0.1, 0.15) is 5.75 Å². The number of rotatable bonds is 4. The lowest BCUT2D eigenvalue weighted by Gasteiger charge is -2.10. The maximum atomic E-state index is 12.1. The fourth-order valence-corrected chi connectivity index (χ4v) is 1.41. The first-order valence-corrected chi connectivity index (χ1v) is 4.76. The summed E-state index contributed by atoms with van der Waals surface area (Å²) < 4.78 is 30.3. The lowest BCUT2D eigenvalue weighted by Crippen LogP contribution is -2.07. The molecular formula is C11H10F2N2O. The van der Waals surface area contributed by atoms with Crippen molar-refractivity contribution in [2.24, 2.45) is 0 Å². The van der Waals surface area contributed by atoms with Crippen molar-refractivity contribution in [1.82, 2.24) is 9.78 Å². The first kappa shape index (κ1) is 10.6. The Kier molecular flexibility index (Phi) is 3.14. The average Bonchev–Trinajstić information content (AvgIpc) is 2.73. The largest absolute Gasteiger partial charge is 0.434 e. The molecule has 0 amide bonds. The molecule has 2 rings (SSSR count). The van der Waals surface area contributed by atoms with Crippen molar-refractivity contribution < 1.29 is 13.5 Å². The highest BCUT2D eigenvalue weighted by Crippen LogP contribution is 2.20. The van der Waals surface area contributed by atoms with Gasteiger partial charge in [0.25, 0.3) is 0 Å². The third-order valence-electron chi connectivity index (χ3n) is 2.08. The minimum Gasteiger partial charge on any atom is -0.434 e. The predicted molar refractivity (Wildman–Crippen MR) is 54.4 cm³/mol. The predicted octanol–water partition coefficient (Wildman–Crippen LogP) is 2.53. The van der Waals surface area contributed by atoms with Crippen LogP contribution < -0.4 is 4.74 Å². The standard InChI is InChI=1S/C11H10F2N2O/c12-11(13)16-10-5-2-1-4-9(10)8-15-7-3-6-14-15/h1-7,11H,8H2. The second-order valence-electron chi connectivity index (χ2n) is 3.19. The van der Waals surface area contributed by atoms with Gasteiger partial charge in [0.15, 0.2) is 0 Å². The zero-order valence-electron chi connectivity index (χ0n) is 8.38. The van der Waals surface area contributed by atoms with Crippen LogP contribution in [-0.4, -0.2) is 16.4 Å². The highest BCUT2D eigenvalue weighted by molar-refractivity contribution is 5.33. The molecule has 0 bridgehead atoms. The summed E-state index contributed by atoms with van der Waals surface area (Å²) in [6, 6.07) is 8.46. The Labute approximate surface area is 91.3 Å². The molecule has 0 aliphatic heterocycles. The van der Waals surface area contributed by atoms with Crippen LogP contribution in [0.2, 0.25) is 0 Å². The number of para-hydroxylation sites is 1. The van der Waals surface area contributed by atoms with E-state index in [1.807, 2.05) is 0 Å². The molecule has 0 atom stereocenters. The molecule has 84 valence electrons. The van der Waals surface area contributed by atoms with E-state index in [9.17, 15) is 8.78 Å². The van der Waals surface area contributed by atoms with Crippen molar-refractivity contribution in [2.45, 2.75) is 13.2 Å². The maximum absolute atomic E-state index is 12.1. The summed E-state index contributed by atoms with van der Waals surface area (Å²) in [6.45, 7) is -2.39. The molecule has 0 saturated heterocycles. The molecule has 0 spiro atoms. The van der Waals surface area contributed by atoms with Crippen LogP contribution in [0.25, 0.3) is 0 Å². The SMILES string of the molecule is FC(F)Oc1ccccc1Cn1cccn1. The second-order valence-corrected chi connectivity index (χ2v) is 3.19. The highest BCUT2D eigenvalue weighted by atomic mass is 19.3. The summed E-state index contributed by atoms with van der Waals surface area (Å²) in [7, 11) is 0. The Morgan fingerprint density at radius 1 is 1.25 bits per heavy atom. The molecule has 0 aliphatic rings. The van der Waals surface area contributed by atoms with Gasteiger partial charge in [-0.15, -0.1) is 0 Å². The van der Waals surface area contributed by atoms with E-state index in [0.717, 1.165) is 0 Å². The Hall–Kier alpha value is -1.91. The number of ether oxygens (including phenoxy) is 1. The third-order valence-corrected chi connectivity index (χ3v) is 2.08. The average molecular weight is 224 g/mol. The molecule has 0 fully saturated rings. The monoisotopic (exact) mass is 224 g/mol. The number of benzene rings is 1. The van der Waals surface area contributed by atoms with Crippen LogP contribution in [0.15, 0.2) is 42.7 Å². The molecule has 0 unspecified atom stereocenters. The summed E-state index contributed by atoms with van der Waals surface area (Å²) in [4.78, 5) is 0. The van der Waals surface area contributed by atoms with Crippen LogP contribution in [0.5, 0.6) is 5.75 Å². The van der Waals surface area contributed by atoms with Crippen LogP contribution in [0, 0.1) is 0 Å². The Balaban J connectivity index is 2.19. The van der Waals surface area contributed by atoms with Crippen molar-refractivity contribution >= 4 is 0 Å². The summed E-state index contributed by atoms with van der Waals surface area (Å²) in [5.41, 5.74) is 0.673. The van der Waals surface area contributed by atoms with Crippen molar-refractivity contribution in [1.29, 1.82) is 0 Å². The minimum atomic E-state index is -2.81. The summed E-state index contributed by atoms with van der Waals surface area (Å²) in [5, 5.41) is 4.01. The van der Waals surface area contributed by atoms with E-state index in [4.69, 9.17) is 0 Å². The summed E-state index contributed by atoms with van der Waals surface area (Å²) in [5.74, 6) is 0.188. The van der Waals surface area contributed by atoms with Gasteiger partial charge in [-0.25, -0.2) is 0 Å². The number of hydrogen-bond donors (Lipinski definition) is 0. The van der Waals surface area contributed by atoms with Gasteiger partial charge in [0.05, 0.1) is 6.54 Å². The molecule has 0 saturated carbocycles. The van der Waals surface area contributed by atoms with E-state index >= 15 is 0 Å². The quantitative estimate of drug-likeness (QED) is 0.797. The van der Waals surface area contributed by atoms with Gasteiger partial charge in [-0.05, 0) is 12.1 Å². The van der Waals surface area contributed by atoms with Crippen LogP contribution in [0.1, 0.15) is 5.56 Å². The smallest absolute Gasteiger partial charge is 0.387 e. The zero-order chi connectivity index (χ0) is 11.4. The highest BCUT2D eigenvalue weighted by Gasteiger charge is 2.09. The number of aromatic nitrogens is 2. The second kappa shape index (κ2) is 4.74. The van der Waals surface area contributed by atoms with E-state index in [0.29, 0.717) is 12.1 Å². The molecule has 3 nitrogen and oxygen atoms in total. The van der Waals surface area contributed by atoms with Gasteiger partial charge < -0.3 is 4.74 Å². The number of halogens is 2. The lowest BCUT2D eigenvalue weighted by atomic mass is 10.2. The van der Waals surface area contributed by atoms with Gasteiger partial charge in [-0.3, -0.25) is 4.68 Å². The molecule has 16 heavy (non-hydrogen) atoms. The fourth-order valence-electron chi connectivity index (χ4n) is 1.41. The van der Waals surface area contributed by atoms with E-state index in [1.54, 1.807) is 41.3 Å². The first-order chi connectivity index (χ1) is 7.75. The molecule has 1 heterocycles. The van der Waals surface area contributed by atoms with Gasteiger partial charge in [-0.2, -0.15) is 13.9 Å². The van der Waals surface area contributed by atoms with Crippen LogP contribution >= 0.6 is 0 Å². The maximum Gasteiger partial charge on any atom is 0.387 e. The van der Waals surface area contributed by atoms with E-state index < -0.39 is 6.61 Å². The molecule has 0 aliphatic carbocycles. The van der Waals surface area contributed by atoms with E-state index in [2.05, 4.69) is 9.84 Å². The van der Waals surface area contributed by atoms with Crippen molar-refractivity contribution in [3.63, 3.8) is 0 Å². The molecule has 2 aromatic rings. The van der Waals surface area contributed by atoms with Crippen LogP contribution in [0.4, 0.5) is 8.78 Å². The van der Waals surface area contributed by atoms with Gasteiger partial charge >= 0.3 is 6.61 Å².